The first-order chi connectivity index (χ1) is 14.9. The molecule has 31 heavy (non-hydrogen) atoms. The van der Waals surface area contributed by atoms with E-state index in [1.165, 1.54) is 17.3 Å². The van der Waals surface area contributed by atoms with Crippen LogP contribution >= 0.6 is 11.8 Å². The molecule has 1 N–H and O–H groups in total. The summed E-state index contributed by atoms with van der Waals surface area (Å²) in [6.07, 6.45) is 0.837. The fraction of sp³-hybridized carbons (Fsp3) is 0.375. The summed E-state index contributed by atoms with van der Waals surface area (Å²) in [6.45, 7) is 8.32. The van der Waals surface area contributed by atoms with Gasteiger partial charge in [-0.15, -0.1) is 10.2 Å². The summed E-state index contributed by atoms with van der Waals surface area (Å²) in [4.78, 5) is 12.7. The van der Waals surface area contributed by atoms with E-state index in [2.05, 4.69) is 72.0 Å². The Morgan fingerprint density at radius 3 is 2.35 bits per heavy atom. The van der Waals surface area contributed by atoms with Gasteiger partial charge in [-0.05, 0) is 57.0 Å². The second kappa shape index (κ2) is 10.5. The maximum absolute atomic E-state index is 12.7. The van der Waals surface area contributed by atoms with Crippen molar-refractivity contribution in [3.05, 3.63) is 59.7 Å². The number of amides is 1. The van der Waals surface area contributed by atoms with Crippen LogP contribution in [-0.2, 0) is 4.79 Å². The Labute approximate surface area is 188 Å². The van der Waals surface area contributed by atoms with Crippen LogP contribution in [0, 0.1) is 6.92 Å². The number of nitrogens with zero attached hydrogens (tertiary/aromatic N) is 3. The molecule has 1 atom stereocenters. The van der Waals surface area contributed by atoms with Gasteiger partial charge in [-0.2, -0.15) is 0 Å². The molecule has 0 spiro atoms. The number of aryl methyl sites for hydroxylation is 1. The molecule has 0 saturated heterocycles. The predicted molar refractivity (Wildman–Crippen MR) is 125 cm³/mol. The van der Waals surface area contributed by atoms with E-state index in [1.54, 1.807) is 7.11 Å². The minimum absolute atomic E-state index is 0.00605. The highest BCUT2D eigenvalue weighted by atomic mass is 32.2. The van der Waals surface area contributed by atoms with Gasteiger partial charge in [0.15, 0.2) is 11.0 Å². The van der Waals surface area contributed by atoms with Gasteiger partial charge < -0.3 is 10.1 Å². The van der Waals surface area contributed by atoms with Gasteiger partial charge in [0.2, 0.25) is 5.91 Å². The molecule has 3 aromatic rings. The highest BCUT2D eigenvalue weighted by molar-refractivity contribution is 7.99. The summed E-state index contributed by atoms with van der Waals surface area (Å²) in [5.41, 5.74) is 3.29. The summed E-state index contributed by atoms with van der Waals surface area (Å²) in [5, 5.41) is 12.6. The molecule has 164 valence electrons. The van der Waals surface area contributed by atoms with Crippen LogP contribution in [0.4, 0.5) is 0 Å². The molecule has 0 aliphatic carbocycles. The maximum atomic E-state index is 12.7. The predicted octanol–water partition coefficient (Wildman–Crippen LogP) is 5.20. The van der Waals surface area contributed by atoms with Crippen LogP contribution in [-0.4, -0.2) is 33.5 Å². The van der Waals surface area contributed by atoms with Gasteiger partial charge in [0, 0.05) is 11.6 Å². The lowest BCUT2D eigenvalue weighted by Crippen LogP contribution is -2.29. The summed E-state index contributed by atoms with van der Waals surface area (Å²) in [6, 6.07) is 16.2. The smallest absolute Gasteiger partial charge is 0.230 e. The summed E-state index contributed by atoms with van der Waals surface area (Å²) in [5.74, 6) is 1.86. The maximum Gasteiger partial charge on any atom is 0.230 e. The zero-order valence-electron chi connectivity index (χ0n) is 18.8. The number of aromatic nitrogens is 3. The van der Waals surface area contributed by atoms with Gasteiger partial charge in [-0.25, -0.2) is 0 Å². The fourth-order valence-corrected chi connectivity index (χ4v) is 4.24. The van der Waals surface area contributed by atoms with E-state index >= 15 is 0 Å². The van der Waals surface area contributed by atoms with Gasteiger partial charge in [0.05, 0.1) is 18.9 Å². The minimum Gasteiger partial charge on any atom is -0.497 e. The summed E-state index contributed by atoms with van der Waals surface area (Å²) in [7, 11) is 1.65. The molecule has 1 aromatic heterocycles. The number of carbonyl (C=O) groups is 1. The van der Waals surface area contributed by atoms with E-state index in [1.807, 2.05) is 24.3 Å². The molecule has 2 aromatic carbocycles. The Morgan fingerprint density at radius 1 is 1.10 bits per heavy atom. The van der Waals surface area contributed by atoms with Crippen LogP contribution in [0.3, 0.4) is 0 Å². The monoisotopic (exact) mass is 438 g/mol. The average Bonchev–Trinajstić information content (AvgIpc) is 3.21. The Hall–Kier alpha value is -2.80. The van der Waals surface area contributed by atoms with Crippen LogP contribution in [0.5, 0.6) is 5.75 Å². The fourth-order valence-electron chi connectivity index (χ4n) is 3.36. The second-order valence-corrected chi connectivity index (χ2v) is 8.67. The molecular formula is C24H30N4O2S. The number of rotatable bonds is 9. The number of thioether (sulfide) groups is 1. The van der Waals surface area contributed by atoms with E-state index in [0.29, 0.717) is 0 Å². The van der Waals surface area contributed by atoms with Crippen molar-refractivity contribution >= 4 is 17.7 Å². The summed E-state index contributed by atoms with van der Waals surface area (Å²) >= 11 is 1.41. The van der Waals surface area contributed by atoms with Crippen LogP contribution < -0.4 is 10.1 Å². The molecule has 1 amide bonds. The van der Waals surface area contributed by atoms with Gasteiger partial charge in [-0.1, -0.05) is 48.5 Å². The minimum atomic E-state index is -0.0123. The standard InChI is InChI=1S/C24H30N4O2S/c1-6-21(18-9-7-17(4)8-10-18)25-22(29)15-31-24-27-26-23(28(24)16(2)3)19-11-13-20(30-5)14-12-19/h7-14,16,21H,6,15H2,1-5H3,(H,25,29). The molecule has 0 aliphatic heterocycles. The molecule has 0 fully saturated rings. The first-order valence-corrected chi connectivity index (χ1v) is 11.5. The number of hydrogen-bond donors (Lipinski definition) is 1. The third-order valence-corrected chi connectivity index (χ3v) is 6.03. The topological polar surface area (TPSA) is 69.0 Å². The molecule has 1 unspecified atom stereocenters. The molecule has 0 aliphatic rings. The molecule has 6 nitrogen and oxygen atoms in total. The number of nitrogens with one attached hydrogen (secondary N) is 1. The van der Waals surface area contributed by atoms with Crippen molar-refractivity contribution in [3.63, 3.8) is 0 Å². The van der Waals surface area contributed by atoms with Crippen molar-refractivity contribution in [1.82, 2.24) is 20.1 Å². The van der Waals surface area contributed by atoms with Gasteiger partial charge in [0.25, 0.3) is 0 Å². The lowest BCUT2D eigenvalue weighted by atomic mass is 10.0. The Kier molecular flexibility index (Phi) is 7.74. The Bertz CT molecular complexity index is 997. The van der Waals surface area contributed by atoms with Gasteiger partial charge in [-0.3, -0.25) is 9.36 Å². The molecule has 3 rings (SSSR count). The molecule has 1 heterocycles. The van der Waals surface area contributed by atoms with E-state index in [0.717, 1.165) is 34.3 Å². The van der Waals surface area contributed by atoms with Crippen LogP contribution in [0.25, 0.3) is 11.4 Å². The van der Waals surface area contributed by atoms with Crippen LogP contribution in [0.1, 0.15) is 50.4 Å². The van der Waals surface area contributed by atoms with Crippen molar-refractivity contribution in [2.45, 2.75) is 51.4 Å². The molecule has 7 heteroatoms. The van der Waals surface area contributed by atoms with Crippen molar-refractivity contribution in [2.75, 3.05) is 12.9 Å². The first-order valence-electron chi connectivity index (χ1n) is 10.5. The van der Waals surface area contributed by atoms with E-state index in [-0.39, 0.29) is 23.7 Å². The number of hydrogen-bond acceptors (Lipinski definition) is 5. The third-order valence-electron chi connectivity index (χ3n) is 5.08. The molecule has 0 saturated carbocycles. The Morgan fingerprint density at radius 2 is 1.77 bits per heavy atom. The molecular weight excluding hydrogens is 408 g/mol. The van der Waals surface area contributed by atoms with Crippen molar-refractivity contribution in [3.8, 4) is 17.1 Å². The number of benzene rings is 2. The zero-order valence-corrected chi connectivity index (χ0v) is 19.6. The van der Waals surface area contributed by atoms with Gasteiger partial charge in [0.1, 0.15) is 5.75 Å². The highest BCUT2D eigenvalue weighted by Gasteiger charge is 2.19. The Balaban J connectivity index is 1.69. The van der Waals surface area contributed by atoms with E-state index < -0.39 is 0 Å². The number of carbonyl (C=O) groups excluding carboxylic acids is 1. The first kappa shape index (κ1) is 22.9. The van der Waals surface area contributed by atoms with Crippen LogP contribution in [0.15, 0.2) is 53.7 Å². The molecule has 0 bridgehead atoms. The third kappa shape index (κ3) is 5.67. The van der Waals surface area contributed by atoms with Gasteiger partial charge >= 0.3 is 0 Å². The van der Waals surface area contributed by atoms with Crippen molar-refractivity contribution in [2.24, 2.45) is 0 Å². The number of methoxy groups -OCH3 is 1. The van der Waals surface area contributed by atoms with E-state index in [9.17, 15) is 4.79 Å². The molecule has 0 radical (unpaired) electrons. The summed E-state index contributed by atoms with van der Waals surface area (Å²) < 4.78 is 7.31. The van der Waals surface area contributed by atoms with Crippen molar-refractivity contribution < 1.29 is 9.53 Å². The van der Waals surface area contributed by atoms with Crippen LogP contribution in [0.2, 0.25) is 0 Å². The highest BCUT2D eigenvalue weighted by Crippen LogP contribution is 2.29. The number of ether oxygens (including phenoxy) is 1. The SMILES string of the molecule is CCC(NC(=O)CSc1nnc(-c2ccc(OC)cc2)n1C(C)C)c1ccc(C)cc1. The lowest BCUT2D eigenvalue weighted by molar-refractivity contribution is -0.119. The zero-order chi connectivity index (χ0) is 22.4. The normalized spacial score (nSPS) is 12.1. The quantitative estimate of drug-likeness (QED) is 0.465. The second-order valence-electron chi connectivity index (χ2n) is 7.73. The largest absolute Gasteiger partial charge is 0.497 e. The average molecular weight is 439 g/mol. The lowest BCUT2D eigenvalue weighted by Gasteiger charge is -2.18. The van der Waals surface area contributed by atoms with E-state index in [4.69, 9.17) is 4.74 Å². The van der Waals surface area contributed by atoms with Crippen molar-refractivity contribution in [1.29, 1.82) is 0 Å².